The van der Waals surface area contributed by atoms with Gasteiger partial charge in [-0.2, -0.15) is 5.10 Å². The van der Waals surface area contributed by atoms with Crippen LogP contribution in [0, 0.1) is 5.92 Å². The topological polar surface area (TPSA) is 53.1 Å². The van der Waals surface area contributed by atoms with Crippen LogP contribution in [0.5, 0.6) is 0 Å². The van der Waals surface area contributed by atoms with E-state index in [-0.39, 0.29) is 12.1 Å². The Morgan fingerprint density at radius 1 is 1.67 bits per heavy atom. The summed E-state index contributed by atoms with van der Waals surface area (Å²) in [6.07, 6.45) is 4.55. The summed E-state index contributed by atoms with van der Waals surface area (Å²) in [6, 6.07) is 1.89. The van der Waals surface area contributed by atoms with Gasteiger partial charge in [-0.05, 0) is 31.7 Å². The van der Waals surface area contributed by atoms with Crippen LogP contribution >= 0.6 is 0 Å². The van der Waals surface area contributed by atoms with Crippen molar-refractivity contribution in [2.75, 3.05) is 6.61 Å². The molecule has 0 saturated heterocycles. The van der Waals surface area contributed by atoms with Crippen LogP contribution in [0.4, 0.5) is 0 Å². The van der Waals surface area contributed by atoms with Crippen molar-refractivity contribution in [2.24, 2.45) is 18.7 Å². The molecule has 1 aromatic rings. The summed E-state index contributed by atoms with van der Waals surface area (Å²) in [5.74, 6) is 0.641. The Hall–Kier alpha value is -0.870. The van der Waals surface area contributed by atoms with Crippen molar-refractivity contribution >= 4 is 0 Å². The van der Waals surface area contributed by atoms with Gasteiger partial charge in [-0.3, -0.25) is 4.68 Å². The maximum atomic E-state index is 6.18. The molecule has 84 valence electrons. The predicted octanol–water partition coefficient (Wildman–Crippen LogP) is 1.24. The van der Waals surface area contributed by atoms with E-state index in [1.807, 2.05) is 26.2 Å². The van der Waals surface area contributed by atoms with E-state index in [0.717, 1.165) is 12.3 Å². The number of ether oxygens (including phenoxy) is 1. The Morgan fingerprint density at radius 2 is 2.40 bits per heavy atom. The Balaban J connectivity index is 2.06. The molecule has 1 heterocycles. The second-order valence-electron chi connectivity index (χ2n) is 4.20. The van der Waals surface area contributed by atoms with E-state index in [9.17, 15) is 0 Å². The van der Waals surface area contributed by atoms with Crippen LogP contribution in [0.25, 0.3) is 0 Å². The first-order chi connectivity index (χ1) is 7.22. The van der Waals surface area contributed by atoms with E-state index in [4.69, 9.17) is 10.5 Å². The van der Waals surface area contributed by atoms with Gasteiger partial charge in [-0.15, -0.1) is 0 Å². The zero-order chi connectivity index (χ0) is 10.8. The minimum absolute atomic E-state index is 0.0846. The second-order valence-corrected chi connectivity index (χ2v) is 4.20. The zero-order valence-electron chi connectivity index (χ0n) is 9.39. The first-order valence-corrected chi connectivity index (χ1v) is 5.59. The van der Waals surface area contributed by atoms with Crippen LogP contribution in [0.1, 0.15) is 31.5 Å². The molecule has 0 radical (unpaired) electrons. The zero-order valence-corrected chi connectivity index (χ0v) is 9.39. The minimum Gasteiger partial charge on any atom is -0.376 e. The molecule has 1 aromatic heterocycles. The highest BCUT2D eigenvalue weighted by Crippen LogP contribution is 2.38. The number of aryl methyl sites for hydroxylation is 1. The molecule has 2 unspecified atom stereocenters. The van der Waals surface area contributed by atoms with Gasteiger partial charge >= 0.3 is 0 Å². The van der Waals surface area contributed by atoms with Crippen LogP contribution in [0.2, 0.25) is 0 Å². The molecular weight excluding hydrogens is 190 g/mol. The summed E-state index contributed by atoms with van der Waals surface area (Å²) in [5, 5.41) is 4.34. The highest BCUT2D eigenvalue weighted by Gasteiger charge is 2.37. The van der Waals surface area contributed by atoms with Gasteiger partial charge in [0.25, 0.3) is 0 Å². The summed E-state index contributed by atoms with van der Waals surface area (Å²) in [5.41, 5.74) is 7.11. The van der Waals surface area contributed by atoms with E-state index < -0.39 is 0 Å². The Bertz CT molecular complexity index is 319. The van der Waals surface area contributed by atoms with Crippen molar-refractivity contribution < 1.29 is 4.74 Å². The third-order valence-electron chi connectivity index (χ3n) is 2.88. The molecule has 0 amide bonds. The molecule has 2 atom stereocenters. The fourth-order valence-electron chi connectivity index (χ4n) is 1.93. The average molecular weight is 209 g/mol. The number of nitrogens with zero attached hydrogens (tertiary/aromatic N) is 2. The fraction of sp³-hybridized carbons (Fsp3) is 0.727. The normalized spacial score (nSPS) is 20.2. The van der Waals surface area contributed by atoms with Gasteiger partial charge < -0.3 is 10.5 Å². The molecule has 1 saturated carbocycles. The highest BCUT2D eigenvalue weighted by molar-refractivity contribution is 5.09. The van der Waals surface area contributed by atoms with Gasteiger partial charge in [0.15, 0.2) is 0 Å². The molecular formula is C11H19N3O. The molecule has 0 aliphatic heterocycles. The van der Waals surface area contributed by atoms with Crippen LogP contribution in [0.3, 0.4) is 0 Å². The second kappa shape index (κ2) is 4.33. The molecule has 1 fully saturated rings. The lowest BCUT2D eigenvalue weighted by atomic mass is 10.0. The maximum absolute atomic E-state index is 6.18. The van der Waals surface area contributed by atoms with E-state index in [1.54, 1.807) is 4.68 Å². The van der Waals surface area contributed by atoms with Gasteiger partial charge in [0, 0.05) is 19.9 Å². The standard InChI is InChI=1S/C11H19N3O/c1-3-15-11(8-4-5-8)10(12)9-6-7-14(2)13-9/h6-8,10-11H,3-5,12H2,1-2H3. The van der Waals surface area contributed by atoms with Crippen molar-refractivity contribution in [3.8, 4) is 0 Å². The minimum atomic E-state index is -0.0846. The molecule has 1 aliphatic rings. The van der Waals surface area contributed by atoms with E-state index >= 15 is 0 Å². The number of hydrogen-bond acceptors (Lipinski definition) is 3. The highest BCUT2D eigenvalue weighted by atomic mass is 16.5. The Morgan fingerprint density at radius 3 is 2.87 bits per heavy atom. The van der Waals surface area contributed by atoms with E-state index in [1.165, 1.54) is 12.8 Å². The summed E-state index contributed by atoms with van der Waals surface area (Å²) < 4.78 is 7.50. The van der Waals surface area contributed by atoms with E-state index in [2.05, 4.69) is 5.10 Å². The Labute approximate surface area is 90.4 Å². The molecule has 4 nitrogen and oxygen atoms in total. The van der Waals surface area contributed by atoms with Crippen LogP contribution < -0.4 is 5.73 Å². The summed E-state index contributed by atoms with van der Waals surface area (Å²) in [6.45, 7) is 2.74. The van der Waals surface area contributed by atoms with Crippen LogP contribution in [0.15, 0.2) is 12.3 Å². The summed E-state index contributed by atoms with van der Waals surface area (Å²) >= 11 is 0. The summed E-state index contributed by atoms with van der Waals surface area (Å²) in [7, 11) is 1.91. The van der Waals surface area contributed by atoms with Crippen molar-refractivity contribution in [1.82, 2.24) is 9.78 Å². The molecule has 4 heteroatoms. The summed E-state index contributed by atoms with van der Waals surface area (Å²) in [4.78, 5) is 0. The Kier molecular flexibility index (Phi) is 3.07. The van der Waals surface area contributed by atoms with Gasteiger partial charge in [0.1, 0.15) is 0 Å². The number of hydrogen-bond donors (Lipinski definition) is 1. The molecule has 2 N–H and O–H groups in total. The molecule has 0 bridgehead atoms. The molecule has 0 aromatic carbocycles. The van der Waals surface area contributed by atoms with Crippen molar-refractivity contribution in [2.45, 2.75) is 31.9 Å². The van der Waals surface area contributed by atoms with Gasteiger partial charge in [-0.25, -0.2) is 0 Å². The van der Waals surface area contributed by atoms with Gasteiger partial charge in [-0.1, -0.05) is 0 Å². The molecule has 0 spiro atoms. The lowest BCUT2D eigenvalue weighted by Crippen LogP contribution is -2.31. The fourth-order valence-corrected chi connectivity index (χ4v) is 1.93. The lowest BCUT2D eigenvalue weighted by Gasteiger charge is -2.22. The maximum Gasteiger partial charge on any atom is 0.0818 e. The third-order valence-corrected chi connectivity index (χ3v) is 2.88. The smallest absolute Gasteiger partial charge is 0.0818 e. The van der Waals surface area contributed by atoms with Crippen molar-refractivity contribution in [3.63, 3.8) is 0 Å². The first-order valence-electron chi connectivity index (χ1n) is 5.59. The largest absolute Gasteiger partial charge is 0.376 e. The van der Waals surface area contributed by atoms with Crippen LogP contribution in [-0.2, 0) is 11.8 Å². The first kappa shape index (κ1) is 10.6. The van der Waals surface area contributed by atoms with Crippen molar-refractivity contribution in [1.29, 1.82) is 0 Å². The molecule has 15 heavy (non-hydrogen) atoms. The number of nitrogens with two attached hydrogens (primary N) is 1. The van der Waals surface area contributed by atoms with E-state index in [0.29, 0.717) is 5.92 Å². The van der Waals surface area contributed by atoms with Crippen LogP contribution in [-0.4, -0.2) is 22.5 Å². The molecule has 1 aliphatic carbocycles. The SMILES string of the molecule is CCOC(C1CC1)C(N)c1ccn(C)n1. The molecule has 2 rings (SSSR count). The monoisotopic (exact) mass is 209 g/mol. The predicted molar refractivity (Wildman–Crippen MR) is 58.3 cm³/mol. The number of rotatable bonds is 5. The van der Waals surface area contributed by atoms with Gasteiger partial charge in [0.05, 0.1) is 17.8 Å². The third kappa shape index (κ3) is 2.38. The van der Waals surface area contributed by atoms with Gasteiger partial charge in [0.2, 0.25) is 0 Å². The quantitative estimate of drug-likeness (QED) is 0.793. The van der Waals surface area contributed by atoms with Crippen molar-refractivity contribution in [3.05, 3.63) is 18.0 Å². The lowest BCUT2D eigenvalue weighted by molar-refractivity contribution is 0.0273. The average Bonchev–Trinajstić information content (AvgIpc) is 2.96. The number of aromatic nitrogens is 2.